The average Bonchev–Trinajstić information content (AvgIpc) is 3.35. The van der Waals surface area contributed by atoms with Gasteiger partial charge in [-0.05, 0) is 43.1 Å². The maximum Gasteiger partial charge on any atom is 0.276 e. The van der Waals surface area contributed by atoms with Crippen molar-refractivity contribution < 1.29 is 18.4 Å². The van der Waals surface area contributed by atoms with E-state index < -0.39 is 30.3 Å². The number of nitrogens with zero attached hydrogens (tertiary/aromatic N) is 3. The zero-order valence-corrected chi connectivity index (χ0v) is 14.0. The minimum absolute atomic E-state index is 0.0231. The number of hydrogen-bond acceptors (Lipinski definition) is 5. The molecular weight excluding hydrogens is 338 g/mol. The quantitative estimate of drug-likeness (QED) is 0.891. The van der Waals surface area contributed by atoms with Crippen molar-refractivity contribution in [1.29, 1.82) is 0 Å². The van der Waals surface area contributed by atoms with Crippen molar-refractivity contribution in [1.82, 2.24) is 19.8 Å². The molecule has 6 nitrogen and oxygen atoms in total. The summed E-state index contributed by atoms with van der Waals surface area (Å²) in [5.41, 5.74) is -0.855. The van der Waals surface area contributed by atoms with Crippen molar-refractivity contribution in [3.05, 3.63) is 11.1 Å². The van der Waals surface area contributed by atoms with E-state index in [-0.39, 0.29) is 29.5 Å². The first-order valence-electron chi connectivity index (χ1n) is 7.99. The topological polar surface area (TPSA) is 75.2 Å². The van der Waals surface area contributed by atoms with Gasteiger partial charge < -0.3 is 10.2 Å². The Hall–Kier alpha value is -1.64. The molecule has 1 saturated heterocycles. The second-order valence-electron chi connectivity index (χ2n) is 7.55. The number of carbonyl (C=O) groups is 2. The first-order valence-corrected chi connectivity index (χ1v) is 8.83. The molecule has 3 fully saturated rings. The van der Waals surface area contributed by atoms with Crippen molar-refractivity contribution in [3.8, 4) is 0 Å². The molecule has 2 unspecified atom stereocenters. The fraction of sp³-hybridized carbons (Fsp3) is 0.733. The summed E-state index contributed by atoms with van der Waals surface area (Å²) < 4.78 is 31.6. The molecule has 1 aromatic heterocycles. The summed E-state index contributed by atoms with van der Waals surface area (Å²) in [5, 5.41) is 7.91. The third-order valence-electron chi connectivity index (χ3n) is 5.55. The lowest BCUT2D eigenvalue weighted by atomic mass is 9.97. The van der Waals surface area contributed by atoms with Gasteiger partial charge >= 0.3 is 0 Å². The van der Waals surface area contributed by atoms with Crippen molar-refractivity contribution in [3.63, 3.8) is 0 Å². The van der Waals surface area contributed by atoms with E-state index in [1.807, 2.05) is 0 Å². The molecule has 2 heterocycles. The molecule has 9 heteroatoms. The van der Waals surface area contributed by atoms with Crippen LogP contribution in [0.25, 0.3) is 0 Å². The van der Waals surface area contributed by atoms with E-state index in [1.165, 1.54) is 5.38 Å². The molecule has 0 bridgehead atoms. The number of alkyl halides is 2. The lowest BCUT2D eigenvalue weighted by Gasteiger charge is -2.34. The Morgan fingerprint density at radius 3 is 2.79 bits per heavy atom. The van der Waals surface area contributed by atoms with Crippen LogP contribution in [0.15, 0.2) is 5.38 Å². The predicted molar refractivity (Wildman–Crippen MR) is 81.7 cm³/mol. The van der Waals surface area contributed by atoms with E-state index in [2.05, 4.69) is 14.9 Å². The largest absolute Gasteiger partial charge is 0.353 e. The summed E-state index contributed by atoms with van der Waals surface area (Å²) in [6.07, 6.45) is 2.60. The van der Waals surface area contributed by atoms with Crippen LogP contribution in [0.1, 0.15) is 43.1 Å². The van der Waals surface area contributed by atoms with Gasteiger partial charge in [-0.1, -0.05) is 4.49 Å². The molecule has 0 aromatic carbocycles. The fourth-order valence-corrected chi connectivity index (χ4v) is 4.26. The van der Waals surface area contributed by atoms with Crippen LogP contribution in [0.3, 0.4) is 0 Å². The first kappa shape index (κ1) is 15.9. The monoisotopic (exact) mass is 356 g/mol. The van der Waals surface area contributed by atoms with E-state index in [9.17, 15) is 18.4 Å². The summed E-state index contributed by atoms with van der Waals surface area (Å²) in [4.78, 5) is 25.8. The highest BCUT2D eigenvalue weighted by atomic mass is 32.1. The van der Waals surface area contributed by atoms with Crippen molar-refractivity contribution in [2.45, 2.75) is 44.1 Å². The number of carbonyl (C=O) groups excluding carboxylic acids is 2. The Morgan fingerprint density at radius 2 is 2.21 bits per heavy atom. The highest BCUT2D eigenvalue weighted by Gasteiger charge is 2.66. The summed E-state index contributed by atoms with van der Waals surface area (Å²) in [6, 6.07) is 0. The molecule has 2 amide bonds. The van der Waals surface area contributed by atoms with Gasteiger partial charge in [-0.2, -0.15) is 0 Å². The molecule has 1 aromatic rings. The number of halogens is 2. The molecular formula is C15H18F2N4O2S. The van der Waals surface area contributed by atoms with E-state index in [1.54, 1.807) is 6.92 Å². The number of amides is 2. The number of rotatable bonds is 4. The van der Waals surface area contributed by atoms with Gasteiger partial charge in [0.15, 0.2) is 5.69 Å². The molecule has 130 valence electrons. The van der Waals surface area contributed by atoms with Gasteiger partial charge in [-0.25, -0.2) is 8.78 Å². The third-order valence-corrected chi connectivity index (χ3v) is 6.05. The number of likely N-dealkylation sites (tertiary alicyclic amines) is 1. The molecule has 0 radical (unpaired) electrons. The van der Waals surface area contributed by atoms with Gasteiger partial charge in [0.25, 0.3) is 11.8 Å². The summed E-state index contributed by atoms with van der Waals surface area (Å²) in [7, 11) is 0. The van der Waals surface area contributed by atoms with Crippen LogP contribution in [0.5, 0.6) is 0 Å². The Bertz CT molecular complexity index is 692. The average molecular weight is 356 g/mol. The molecule has 2 saturated carbocycles. The number of aromatic nitrogens is 2. The lowest BCUT2D eigenvalue weighted by molar-refractivity contribution is -0.123. The first-order chi connectivity index (χ1) is 11.2. The second-order valence-corrected chi connectivity index (χ2v) is 8.16. The summed E-state index contributed by atoms with van der Waals surface area (Å²) in [6.45, 7) is 0.950. The number of hydrogen-bond donors (Lipinski definition) is 1. The minimum atomic E-state index is -2.98. The van der Waals surface area contributed by atoms with Crippen molar-refractivity contribution in [2.75, 3.05) is 13.1 Å². The zero-order valence-electron chi connectivity index (χ0n) is 13.2. The van der Waals surface area contributed by atoms with Crippen molar-refractivity contribution in [2.24, 2.45) is 11.3 Å². The Balaban J connectivity index is 1.47. The van der Waals surface area contributed by atoms with E-state index in [0.717, 1.165) is 35.7 Å². The lowest BCUT2D eigenvalue weighted by Crippen LogP contribution is -2.52. The molecule has 1 N–H and O–H groups in total. The van der Waals surface area contributed by atoms with Crippen LogP contribution in [-0.2, 0) is 4.79 Å². The van der Waals surface area contributed by atoms with Gasteiger partial charge in [-0.15, -0.1) is 5.10 Å². The Labute approximate surface area is 141 Å². The number of nitrogens with one attached hydrogen (secondary N) is 1. The van der Waals surface area contributed by atoms with Crippen LogP contribution < -0.4 is 5.32 Å². The van der Waals surface area contributed by atoms with Crippen LogP contribution >= 0.6 is 11.5 Å². The minimum Gasteiger partial charge on any atom is -0.353 e. The van der Waals surface area contributed by atoms with Crippen LogP contribution in [0.4, 0.5) is 8.78 Å². The SMILES string of the molecule is CC1(CNC(=O)C2CC23CC3)CC(F)(F)CN1C(=O)c1csnn1. The predicted octanol–water partition coefficient (Wildman–Crippen LogP) is 1.69. The van der Waals surface area contributed by atoms with Gasteiger partial charge in [0.05, 0.1) is 12.1 Å². The highest BCUT2D eigenvalue weighted by Crippen LogP contribution is 2.70. The Kier molecular flexibility index (Phi) is 3.26. The van der Waals surface area contributed by atoms with Gasteiger partial charge in [0.2, 0.25) is 5.91 Å². The van der Waals surface area contributed by atoms with Gasteiger partial charge in [0, 0.05) is 24.3 Å². The van der Waals surface area contributed by atoms with E-state index in [0.29, 0.717) is 0 Å². The highest BCUT2D eigenvalue weighted by molar-refractivity contribution is 7.03. The normalized spacial score (nSPS) is 32.0. The summed E-state index contributed by atoms with van der Waals surface area (Å²) in [5.74, 6) is -3.60. The Morgan fingerprint density at radius 1 is 1.46 bits per heavy atom. The summed E-state index contributed by atoms with van der Waals surface area (Å²) >= 11 is 0.998. The van der Waals surface area contributed by atoms with Gasteiger partial charge in [-0.3, -0.25) is 9.59 Å². The zero-order chi connectivity index (χ0) is 17.2. The van der Waals surface area contributed by atoms with Crippen LogP contribution in [0, 0.1) is 11.3 Å². The molecule has 24 heavy (non-hydrogen) atoms. The molecule has 2 atom stereocenters. The standard InChI is InChI=1S/C15H18F2N4O2S/c1-13(7-18-11(22)9-4-14(9)2-3-14)6-15(16,17)8-21(13)12(23)10-5-24-20-19-10/h5,9H,2-4,6-8H2,1H3,(H,18,22). The molecule has 3 aliphatic rings. The maximum atomic E-state index is 14.0. The molecule has 2 aliphatic carbocycles. The smallest absolute Gasteiger partial charge is 0.276 e. The maximum absolute atomic E-state index is 14.0. The van der Waals surface area contributed by atoms with E-state index >= 15 is 0 Å². The molecule has 4 rings (SSSR count). The van der Waals surface area contributed by atoms with Gasteiger partial charge in [0.1, 0.15) is 0 Å². The van der Waals surface area contributed by atoms with Crippen molar-refractivity contribution >= 4 is 23.3 Å². The fourth-order valence-electron chi connectivity index (χ4n) is 3.83. The van der Waals surface area contributed by atoms with Crippen LogP contribution in [0.2, 0.25) is 0 Å². The second kappa shape index (κ2) is 4.93. The molecule has 1 aliphatic heterocycles. The van der Waals surface area contributed by atoms with Crippen LogP contribution in [-0.4, -0.2) is 50.9 Å². The molecule has 1 spiro atoms. The third kappa shape index (κ3) is 2.58. The van der Waals surface area contributed by atoms with E-state index in [4.69, 9.17) is 0 Å².